The summed E-state index contributed by atoms with van der Waals surface area (Å²) in [5, 5.41) is 17.9. The number of amides is 2. The summed E-state index contributed by atoms with van der Waals surface area (Å²) in [6, 6.07) is 9.07. The number of rotatable bonds is 6. The van der Waals surface area contributed by atoms with Crippen LogP contribution in [0.1, 0.15) is 12.8 Å². The van der Waals surface area contributed by atoms with Gasteiger partial charge in [-0.2, -0.15) is 5.10 Å². The number of aromatic hydroxyl groups is 1. The largest absolute Gasteiger partial charge is 0.506 e. The number of phenolic OH excluding ortho intramolecular Hbond substituents is 1. The van der Waals surface area contributed by atoms with Crippen molar-refractivity contribution in [3.8, 4) is 5.75 Å². The zero-order valence-corrected chi connectivity index (χ0v) is 19.7. The lowest BCUT2D eigenvalue weighted by Gasteiger charge is -2.18. The van der Waals surface area contributed by atoms with Crippen molar-refractivity contribution in [3.05, 3.63) is 60.4 Å². The van der Waals surface area contributed by atoms with Crippen LogP contribution in [-0.2, 0) is 19.6 Å². The molecular formula is C22H15F2N5O5S2. The quantitative estimate of drug-likeness (QED) is 0.253. The molecule has 0 atom stereocenters. The van der Waals surface area contributed by atoms with Crippen LogP contribution in [0.2, 0.25) is 0 Å². The Bertz CT molecular complexity index is 1630. The number of halogens is 2. The van der Waals surface area contributed by atoms with Gasteiger partial charge in [-0.15, -0.1) is 0 Å². The smallest absolute Gasteiger partial charge is 0.267 e. The lowest BCUT2D eigenvalue weighted by Crippen LogP contribution is -2.30. The number of carbonyl (C=O) groups is 2. The van der Waals surface area contributed by atoms with Crippen LogP contribution in [-0.4, -0.2) is 40.5 Å². The average Bonchev–Trinajstić information content (AvgIpc) is 3.46. The van der Waals surface area contributed by atoms with Crippen LogP contribution in [0.25, 0.3) is 10.8 Å². The summed E-state index contributed by atoms with van der Waals surface area (Å²) in [7, 11) is -4.92. The second-order valence-electron chi connectivity index (χ2n) is 7.65. The highest BCUT2D eigenvalue weighted by Crippen LogP contribution is 2.42. The third-order valence-corrected chi connectivity index (χ3v) is 7.74. The molecule has 10 nitrogen and oxygen atoms in total. The molecule has 2 amide bonds. The van der Waals surface area contributed by atoms with E-state index in [1.807, 2.05) is 0 Å². The molecule has 4 aromatic rings. The van der Waals surface area contributed by atoms with E-state index < -0.39 is 44.1 Å². The molecule has 5 rings (SSSR count). The van der Waals surface area contributed by atoms with Crippen LogP contribution in [0.5, 0.6) is 5.75 Å². The first-order valence-electron chi connectivity index (χ1n) is 10.3. The first-order valence-corrected chi connectivity index (χ1v) is 12.6. The van der Waals surface area contributed by atoms with Crippen molar-refractivity contribution in [2.24, 2.45) is 0 Å². The number of phenols is 1. The molecule has 1 saturated heterocycles. The summed E-state index contributed by atoms with van der Waals surface area (Å²) in [4.78, 5) is 27.4. The van der Waals surface area contributed by atoms with E-state index in [1.165, 1.54) is 18.5 Å². The molecule has 184 valence electrons. The summed E-state index contributed by atoms with van der Waals surface area (Å²) in [6.07, 6.45) is 0.917. The zero-order valence-electron chi connectivity index (χ0n) is 18.0. The molecular weight excluding hydrogens is 516 g/mol. The zero-order chi connectivity index (χ0) is 25.6. The minimum atomic E-state index is -4.92. The van der Waals surface area contributed by atoms with Crippen molar-refractivity contribution in [2.45, 2.75) is 27.8 Å². The Hall–Kier alpha value is -4.04. The van der Waals surface area contributed by atoms with Crippen molar-refractivity contribution in [1.82, 2.24) is 15.2 Å². The van der Waals surface area contributed by atoms with E-state index in [9.17, 15) is 27.5 Å². The van der Waals surface area contributed by atoms with Gasteiger partial charge in [0.25, 0.3) is 10.0 Å². The Balaban J connectivity index is 1.62. The number of aromatic amines is 1. The van der Waals surface area contributed by atoms with Crippen molar-refractivity contribution < 1.29 is 31.9 Å². The van der Waals surface area contributed by atoms with Gasteiger partial charge in [0.05, 0.1) is 16.3 Å². The molecule has 2 heterocycles. The number of fused-ring (bicyclic) bond motifs is 1. The molecule has 0 saturated carbocycles. The van der Waals surface area contributed by atoms with E-state index in [2.05, 4.69) is 19.9 Å². The van der Waals surface area contributed by atoms with Gasteiger partial charge < -0.3 is 5.11 Å². The summed E-state index contributed by atoms with van der Waals surface area (Å²) >= 11 is 0.954. The number of imide groups is 1. The molecule has 1 aliphatic heterocycles. The van der Waals surface area contributed by atoms with Gasteiger partial charge in [0, 0.05) is 23.6 Å². The van der Waals surface area contributed by atoms with Crippen LogP contribution in [0.15, 0.2) is 63.7 Å². The van der Waals surface area contributed by atoms with Gasteiger partial charge in [0.15, 0.2) is 15.9 Å². The van der Waals surface area contributed by atoms with Crippen molar-refractivity contribution in [3.63, 3.8) is 0 Å². The molecule has 0 radical (unpaired) electrons. The fraction of sp³-hybridized carbons (Fsp3) is 0.0909. The Morgan fingerprint density at radius 2 is 1.75 bits per heavy atom. The average molecular weight is 532 g/mol. The molecule has 0 spiro atoms. The topological polar surface area (TPSA) is 145 Å². The Kier molecular flexibility index (Phi) is 5.84. The van der Waals surface area contributed by atoms with E-state index in [4.69, 9.17) is 0 Å². The molecule has 0 bridgehead atoms. The van der Waals surface area contributed by atoms with Gasteiger partial charge in [0.2, 0.25) is 11.8 Å². The number of hydrogen-bond donors (Lipinski definition) is 3. The van der Waals surface area contributed by atoms with E-state index in [0.717, 1.165) is 17.8 Å². The summed E-state index contributed by atoms with van der Waals surface area (Å²) < 4.78 is 58.8. The van der Waals surface area contributed by atoms with Gasteiger partial charge in [-0.25, -0.2) is 27.1 Å². The number of nitrogens with one attached hydrogen (secondary N) is 2. The molecule has 14 heteroatoms. The standard InChI is InChI=1S/C22H15F2N5O5S2/c23-13-5-6-15(29-17(30)7-8-18(29)31)19(24)21(13)36(33,34)28-14-9-16(35-22-25-10-26-27-22)20(32)12-4-2-1-3-11(12)14/h1-6,9-10,28,32H,7-8H2,(H,25,26,27). The Labute approximate surface area is 206 Å². The monoisotopic (exact) mass is 531 g/mol. The van der Waals surface area contributed by atoms with Gasteiger partial charge in [-0.1, -0.05) is 24.3 Å². The maximum atomic E-state index is 15.4. The molecule has 0 unspecified atom stereocenters. The molecule has 0 aliphatic carbocycles. The molecule has 3 N–H and O–H groups in total. The first kappa shape index (κ1) is 23.7. The van der Waals surface area contributed by atoms with Crippen LogP contribution < -0.4 is 9.62 Å². The number of nitrogens with zero attached hydrogens (tertiary/aromatic N) is 3. The van der Waals surface area contributed by atoms with E-state index in [1.54, 1.807) is 18.2 Å². The summed E-state index contributed by atoms with van der Waals surface area (Å²) in [5.41, 5.74) is -0.732. The number of anilines is 2. The van der Waals surface area contributed by atoms with Crippen molar-refractivity contribution in [1.29, 1.82) is 0 Å². The SMILES string of the molecule is O=C1CCC(=O)N1c1ccc(F)c(S(=O)(=O)Nc2cc(Sc3ncn[nH]3)c(O)c3ccccc23)c1F. The maximum Gasteiger partial charge on any atom is 0.267 e. The molecule has 1 aromatic heterocycles. The maximum absolute atomic E-state index is 15.4. The lowest BCUT2D eigenvalue weighted by molar-refractivity contribution is -0.121. The minimum absolute atomic E-state index is 0.0806. The first-order chi connectivity index (χ1) is 17.2. The predicted octanol–water partition coefficient (Wildman–Crippen LogP) is 3.55. The summed E-state index contributed by atoms with van der Waals surface area (Å²) in [5.74, 6) is -4.60. The summed E-state index contributed by atoms with van der Waals surface area (Å²) in [6.45, 7) is 0. The van der Waals surface area contributed by atoms with Gasteiger partial charge >= 0.3 is 0 Å². The van der Waals surface area contributed by atoms with E-state index >= 15 is 4.39 Å². The van der Waals surface area contributed by atoms with E-state index in [-0.39, 0.29) is 39.9 Å². The highest BCUT2D eigenvalue weighted by atomic mass is 32.2. The van der Waals surface area contributed by atoms with Crippen LogP contribution >= 0.6 is 11.8 Å². The van der Waals surface area contributed by atoms with Crippen molar-refractivity contribution in [2.75, 3.05) is 9.62 Å². The minimum Gasteiger partial charge on any atom is -0.506 e. The van der Waals surface area contributed by atoms with Crippen LogP contribution in [0.3, 0.4) is 0 Å². The molecule has 1 fully saturated rings. The van der Waals surface area contributed by atoms with Crippen molar-refractivity contribution >= 4 is 55.7 Å². The third-order valence-electron chi connectivity index (χ3n) is 5.41. The van der Waals surface area contributed by atoms with Gasteiger partial charge in [-0.05, 0) is 30.0 Å². The molecule has 36 heavy (non-hydrogen) atoms. The fourth-order valence-corrected chi connectivity index (χ4v) is 5.84. The van der Waals surface area contributed by atoms with Crippen LogP contribution in [0, 0.1) is 11.6 Å². The number of H-pyrrole nitrogens is 1. The molecule has 3 aromatic carbocycles. The van der Waals surface area contributed by atoms with E-state index in [0.29, 0.717) is 16.1 Å². The lowest BCUT2D eigenvalue weighted by atomic mass is 10.1. The number of sulfonamides is 1. The number of carbonyl (C=O) groups excluding carboxylic acids is 2. The Morgan fingerprint density at radius 3 is 2.42 bits per heavy atom. The normalized spacial score (nSPS) is 14.1. The number of aromatic nitrogens is 3. The predicted molar refractivity (Wildman–Crippen MR) is 125 cm³/mol. The molecule has 1 aliphatic rings. The highest BCUT2D eigenvalue weighted by Gasteiger charge is 2.36. The van der Waals surface area contributed by atoms with Gasteiger partial charge in [0.1, 0.15) is 17.9 Å². The number of benzene rings is 3. The third kappa shape index (κ3) is 4.03. The second-order valence-corrected chi connectivity index (χ2v) is 10.3. The fourth-order valence-electron chi connectivity index (χ4n) is 3.83. The van der Waals surface area contributed by atoms with Crippen LogP contribution in [0.4, 0.5) is 20.2 Å². The number of hydrogen-bond acceptors (Lipinski definition) is 8. The second kappa shape index (κ2) is 8.87. The highest BCUT2D eigenvalue weighted by molar-refractivity contribution is 7.99. The Morgan fingerprint density at radius 1 is 1.06 bits per heavy atom. The van der Waals surface area contributed by atoms with Gasteiger partial charge in [-0.3, -0.25) is 19.4 Å².